The average Bonchev–Trinajstić information content (AvgIpc) is 2.46. The minimum atomic E-state index is 0.0843. The van der Waals surface area contributed by atoms with Crippen LogP contribution in [-0.2, 0) is 4.74 Å². The molecule has 1 saturated heterocycles. The monoisotopic (exact) mass is 261 g/mol. The first-order valence-corrected chi connectivity index (χ1v) is 6.48. The van der Waals surface area contributed by atoms with E-state index in [0.717, 1.165) is 32.1 Å². The van der Waals surface area contributed by atoms with Crippen LogP contribution in [0.25, 0.3) is 0 Å². The van der Waals surface area contributed by atoms with Crippen molar-refractivity contribution in [2.75, 3.05) is 32.9 Å². The summed E-state index contributed by atoms with van der Waals surface area (Å²) in [7, 11) is 0. The van der Waals surface area contributed by atoms with Crippen LogP contribution < -0.4 is 10.2 Å². The van der Waals surface area contributed by atoms with Crippen molar-refractivity contribution in [1.29, 1.82) is 5.26 Å². The Hall–Kier alpha value is -1.61. The van der Waals surface area contributed by atoms with Crippen molar-refractivity contribution >= 4 is 0 Å². The van der Waals surface area contributed by atoms with E-state index in [9.17, 15) is 0 Å². The Bertz CT molecular complexity index is 421. The molecule has 5 heteroatoms. The Kier molecular flexibility index (Phi) is 5.16. The normalized spacial score (nSPS) is 17.7. The van der Waals surface area contributed by atoms with Gasteiger partial charge in [-0.05, 0) is 24.6 Å². The highest BCUT2D eigenvalue weighted by Crippen LogP contribution is 2.18. The first-order chi connectivity index (χ1) is 9.29. The SMILES string of the molecule is CC(NN1CCOCC1)c1ccc(OCC#N)cc1. The molecule has 1 fully saturated rings. The fraction of sp³-hybridized carbons (Fsp3) is 0.500. The zero-order chi connectivity index (χ0) is 13.5. The molecule has 0 aliphatic carbocycles. The molecule has 0 aromatic heterocycles. The number of hydrazine groups is 1. The lowest BCUT2D eigenvalue weighted by Gasteiger charge is -2.30. The third kappa shape index (κ3) is 4.21. The molecule has 0 radical (unpaired) electrons. The number of ether oxygens (including phenoxy) is 2. The maximum atomic E-state index is 8.45. The molecule has 1 N–H and O–H groups in total. The standard InChI is InChI=1S/C14H19N3O2/c1-12(16-17-7-10-18-11-8-17)13-2-4-14(5-3-13)19-9-6-15/h2-5,12,16H,7-11H2,1H3. The number of nitriles is 1. The number of nitrogens with zero attached hydrogens (tertiary/aromatic N) is 2. The van der Waals surface area contributed by atoms with Crippen LogP contribution in [0, 0.1) is 11.3 Å². The summed E-state index contributed by atoms with van der Waals surface area (Å²) >= 11 is 0. The van der Waals surface area contributed by atoms with Crippen LogP contribution in [0.15, 0.2) is 24.3 Å². The fourth-order valence-electron chi connectivity index (χ4n) is 2.01. The van der Waals surface area contributed by atoms with Crippen LogP contribution in [0.1, 0.15) is 18.5 Å². The van der Waals surface area contributed by atoms with Crippen LogP contribution in [0.3, 0.4) is 0 Å². The number of hydrogen-bond donors (Lipinski definition) is 1. The molecule has 0 spiro atoms. The highest BCUT2D eigenvalue weighted by atomic mass is 16.5. The molecule has 102 valence electrons. The highest BCUT2D eigenvalue weighted by molar-refractivity contribution is 5.29. The largest absolute Gasteiger partial charge is 0.479 e. The Labute approximate surface area is 113 Å². The summed E-state index contributed by atoms with van der Waals surface area (Å²) in [6, 6.07) is 10.0. The number of hydrogen-bond acceptors (Lipinski definition) is 5. The Morgan fingerprint density at radius 3 is 2.68 bits per heavy atom. The maximum Gasteiger partial charge on any atom is 0.174 e. The quantitative estimate of drug-likeness (QED) is 0.870. The zero-order valence-corrected chi connectivity index (χ0v) is 11.1. The van der Waals surface area contributed by atoms with Gasteiger partial charge in [-0.15, -0.1) is 0 Å². The molecule has 1 aromatic carbocycles. The lowest BCUT2D eigenvalue weighted by molar-refractivity contribution is 0.00484. The van der Waals surface area contributed by atoms with Gasteiger partial charge in [-0.3, -0.25) is 0 Å². The van der Waals surface area contributed by atoms with Crippen LogP contribution in [0.2, 0.25) is 0 Å². The topological polar surface area (TPSA) is 57.5 Å². The van der Waals surface area contributed by atoms with Gasteiger partial charge in [0.2, 0.25) is 0 Å². The second kappa shape index (κ2) is 7.10. The smallest absolute Gasteiger partial charge is 0.174 e. The Balaban J connectivity index is 1.87. The summed E-state index contributed by atoms with van der Waals surface area (Å²) in [4.78, 5) is 0. The predicted molar refractivity (Wildman–Crippen MR) is 71.5 cm³/mol. The van der Waals surface area contributed by atoms with Crippen LogP contribution in [0.4, 0.5) is 0 Å². The number of rotatable bonds is 5. The van der Waals surface area contributed by atoms with E-state index in [2.05, 4.69) is 17.4 Å². The minimum Gasteiger partial charge on any atom is -0.479 e. The van der Waals surface area contributed by atoms with Crippen molar-refractivity contribution in [2.24, 2.45) is 0 Å². The molecule has 1 heterocycles. The first kappa shape index (κ1) is 13.8. The second-order valence-electron chi connectivity index (χ2n) is 4.47. The van der Waals surface area contributed by atoms with Crippen LogP contribution in [0.5, 0.6) is 5.75 Å². The van der Waals surface area contributed by atoms with Crippen molar-refractivity contribution in [3.63, 3.8) is 0 Å². The van der Waals surface area contributed by atoms with Gasteiger partial charge in [0.1, 0.15) is 11.8 Å². The van der Waals surface area contributed by atoms with Crippen LogP contribution in [-0.4, -0.2) is 37.9 Å². The van der Waals surface area contributed by atoms with E-state index in [4.69, 9.17) is 14.7 Å². The Morgan fingerprint density at radius 1 is 1.37 bits per heavy atom. The van der Waals surface area contributed by atoms with E-state index in [1.54, 1.807) is 0 Å². The van der Waals surface area contributed by atoms with Gasteiger partial charge in [-0.2, -0.15) is 5.26 Å². The summed E-state index contributed by atoms with van der Waals surface area (Å²) < 4.78 is 10.5. The fourth-order valence-corrected chi connectivity index (χ4v) is 2.01. The summed E-state index contributed by atoms with van der Waals surface area (Å²) in [5.74, 6) is 0.726. The van der Waals surface area contributed by atoms with Crippen molar-refractivity contribution in [2.45, 2.75) is 13.0 Å². The Morgan fingerprint density at radius 2 is 2.05 bits per heavy atom. The van der Waals surface area contributed by atoms with E-state index >= 15 is 0 Å². The van der Waals surface area contributed by atoms with Gasteiger partial charge in [0, 0.05) is 19.1 Å². The van der Waals surface area contributed by atoms with E-state index in [1.165, 1.54) is 5.56 Å². The number of nitrogens with one attached hydrogen (secondary N) is 1. The molecule has 1 aliphatic rings. The molecule has 1 aliphatic heterocycles. The molecule has 1 atom stereocenters. The summed E-state index contributed by atoms with van der Waals surface area (Å²) in [6.45, 7) is 5.59. The van der Waals surface area contributed by atoms with Gasteiger partial charge in [0.05, 0.1) is 13.2 Å². The predicted octanol–water partition coefficient (Wildman–Crippen LogP) is 1.49. The summed E-state index contributed by atoms with van der Waals surface area (Å²) in [6.07, 6.45) is 0. The maximum absolute atomic E-state index is 8.45. The second-order valence-corrected chi connectivity index (χ2v) is 4.47. The van der Waals surface area contributed by atoms with Gasteiger partial charge in [0.25, 0.3) is 0 Å². The molecule has 1 aromatic rings. The molecular weight excluding hydrogens is 242 g/mol. The molecule has 0 saturated carbocycles. The molecule has 0 amide bonds. The highest BCUT2D eigenvalue weighted by Gasteiger charge is 2.13. The zero-order valence-electron chi connectivity index (χ0n) is 11.1. The van der Waals surface area contributed by atoms with E-state index in [0.29, 0.717) is 0 Å². The first-order valence-electron chi connectivity index (χ1n) is 6.48. The summed E-state index contributed by atoms with van der Waals surface area (Å²) in [5, 5.41) is 10.6. The number of morpholine rings is 1. The van der Waals surface area contributed by atoms with Gasteiger partial charge in [0.15, 0.2) is 6.61 Å². The minimum absolute atomic E-state index is 0.0843. The third-order valence-electron chi connectivity index (χ3n) is 3.07. The third-order valence-corrected chi connectivity index (χ3v) is 3.07. The van der Waals surface area contributed by atoms with Gasteiger partial charge in [-0.1, -0.05) is 12.1 Å². The summed E-state index contributed by atoms with van der Waals surface area (Å²) in [5.41, 5.74) is 4.65. The van der Waals surface area contributed by atoms with E-state index in [1.807, 2.05) is 30.3 Å². The molecule has 5 nitrogen and oxygen atoms in total. The van der Waals surface area contributed by atoms with Crippen molar-refractivity contribution in [3.8, 4) is 11.8 Å². The number of benzene rings is 1. The van der Waals surface area contributed by atoms with Gasteiger partial charge >= 0.3 is 0 Å². The van der Waals surface area contributed by atoms with Crippen molar-refractivity contribution < 1.29 is 9.47 Å². The van der Waals surface area contributed by atoms with Gasteiger partial charge in [-0.25, -0.2) is 10.4 Å². The molecule has 1 unspecified atom stereocenters. The lowest BCUT2D eigenvalue weighted by Crippen LogP contribution is -2.46. The molecular formula is C14H19N3O2. The van der Waals surface area contributed by atoms with Crippen molar-refractivity contribution in [1.82, 2.24) is 10.4 Å². The average molecular weight is 261 g/mol. The molecule has 0 bridgehead atoms. The van der Waals surface area contributed by atoms with E-state index < -0.39 is 0 Å². The molecule has 2 rings (SSSR count). The van der Waals surface area contributed by atoms with Crippen LogP contribution >= 0.6 is 0 Å². The molecule has 19 heavy (non-hydrogen) atoms. The van der Waals surface area contributed by atoms with E-state index in [-0.39, 0.29) is 12.6 Å². The lowest BCUT2D eigenvalue weighted by atomic mass is 10.1. The van der Waals surface area contributed by atoms with Crippen molar-refractivity contribution in [3.05, 3.63) is 29.8 Å². The van der Waals surface area contributed by atoms with Gasteiger partial charge < -0.3 is 9.47 Å².